The molecule has 2 aromatic heterocycles. The van der Waals surface area contributed by atoms with Crippen molar-refractivity contribution in [1.29, 1.82) is 0 Å². The van der Waals surface area contributed by atoms with Crippen molar-refractivity contribution in [3.8, 4) is 0 Å². The number of rotatable bonds is 3. The molecule has 2 heterocycles. The quantitative estimate of drug-likeness (QED) is 0.928. The van der Waals surface area contributed by atoms with Gasteiger partial charge in [0.2, 0.25) is 0 Å². The molecule has 1 amide bonds. The molecule has 0 fully saturated rings. The maximum atomic E-state index is 12.4. The number of nitrogens with zero attached hydrogens (tertiary/aromatic N) is 4. The molecule has 0 aromatic carbocycles. The van der Waals surface area contributed by atoms with E-state index in [1.807, 2.05) is 5.10 Å². The van der Waals surface area contributed by atoms with Crippen molar-refractivity contribution in [3.05, 3.63) is 35.4 Å². The maximum absolute atomic E-state index is 12.4. The summed E-state index contributed by atoms with van der Waals surface area (Å²) in [7, 11) is 3.20. The maximum Gasteiger partial charge on any atom is 0.432 e. The molecule has 108 valence electrons. The molecule has 9 heteroatoms. The molecular formula is C11H12F3N5O. The Bertz CT molecular complexity index is 616. The predicted octanol–water partition coefficient (Wildman–Crippen LogP) is 1.43. The van der Waals surface area contributed by atoms with Crippen molar-refractivity contribution >= 4 is 5.91 Å². The molecule has 0 aliphatic carbocycles. The van der Waals surface area contributed by atoms with Gasteiger partial charge in [0.25, 0.3) is 5.91 Å². The highest BCUT2D eigenvalue weighted by atomic mass is 19.4. The molecule has 0 unspecified atom stereocenters. The van der Waals surface area contributed by atoms with E-state index in [1.165, 1.54) is 11.9 Å². The number of halogens is 3. The molecule has 6 nitrogen and oxygen atoms in total. The second-order valence-electron chi connectivity index (χ2n) is 4.27. The average molecular weight is 287 g/mol. The SMILES string of the molecule is CN(Cc1ccnn1C)C(=O)c1cc(C(F)(F)F)[nH]n1. The second-order valence-corrected chi connectivity index (χ2v) is 4.27. The van der Waals surface area contributed by atoms with Crippen LogP contribution in [0.1, 0.15) is 21.9 Å². The molecule has 0 saturated heterocycles. The van der Waals surface area contributed by atoms with Crippen molar-refractivity contribution in [2.45, 2.75) is 12.7 Å². The zero-order valence-electron chi connectivity index (χ0n) is 10.8. The summed E-state index contributed by atoms with van der Waals surface area (Å²) in [6.45, 7) is 0.226. The molecule has 0 saturated carbocycles. The van der Waals surface area contributed by atoms with E-state index in [0.717, 1.165) is 5.69 Å². The van der Waals surface area contributed by atoms with Crippen molar-refractivity contribution in [3.63, 3.8) is 0 Å². The van der Waals surface area contributed by atoms with Crippen LogP contribution >= 0.6 is 0 Å². The third kappa shape index (κ3) is 2.81. The Labute approximate surface area is 112 Å². The number of aryl methyl sites for hydroxylation is 1. The van der Waals surface area contributed by atoms with Gasteiger partial charge in [-0.25, -0.2) is 0 Å². The molecule has 0 atom stereocenters. The van der Waals surface area contributed by atoms with Crippen LogP contribution in [0.2, 0.25) is 0 Å². The lowest BCUT2D eigenvalue weighted by Crippen LogP contribution is -2.27. The lowest BCUT2D eigenvalue weighted by molar-refractivity contribution is -0.141. The van der Waals surface area contributed by atoms with Gasteiger partial charge >= 0.3 is 6.18 Å². The van der Waals surface area contributed by atoms with Crippen molar-refractivity contribution in [2.24, 2.45) is 7.05 Å². The van der Waals surface area contributed by atoms with Gasteiger partial charge in [-0.05, 0) is 6.07 Å². The van der Waals surface area contributed by atoms with Gasteiger partial charge in [0.05, 0.1) is 12.2 Å². The monoisotopic (exact) mass is 287 g/mol. The van der Waals surface area contributed by atoms with Gasteiger partial charge in [-0.3, -0.25) is 14.6 Å². The standard InChI is InChI=1S/C11H12F3N5O/c1-18(6-7-3-4-15-19(7)2)10(20)8-5-9(17-16-8)11(12,13)14/h3-5H,6H2,1-2H3,(H,16,17). The number of aromatic amines is 1. The second kappa shape index (κ2) is 4.99. The van der Waals surface area contributed by atoms with E-state index in [0.29, 0.717) is 6.07 Å². The molecule has 20 heavy (non-hydrogen) atoms. The number of carbonyl (C=O) groups excluding carboxylic acids is 1. The summed E-state index contributed by atoms with van der Waals surface area (Å²) >= 11 is 0. The lowest BCUT2D eigenvalue weighted by atomic mass is 10.3. The Balaban J connectivity index is 2.11. The molecule has 0 radical (unpaired) electrons. The number of hydrogen-bond acceptors (Lipinski definition) is 3. The third-order valence-electron chi connectivity index (χ3n) is 2.77. The van der Waals surface area contributed by atoms with E-state index < -0.39 is 17.8 Å². The van der Waals surface area contributed by atoms with Gasteiger partial charge in [-0.15, -0.1) is 0 Å². The highest BCUT2D eigenvalue weighted by Crippen LogP contribution is 2.27. The van der Waals surface area contributed by atoms with Crippen molar-refractivity contribution in [2.75, 3.05) is 7.05 Å². The highest BCUT2D eigenvalue weighted by molar-refractivity contribution is 5.92. The molecular weight excluding hydrogens is 275 g/mol. The first-order chi connectivity index (χ1) is 9.29. The van der Waals surface area contributed by atoms with Gasteiger partial charge in [0.15, 0.2) is 5.69 Å². The molecule has 2 aromatic rings. The van der Waals surface area contributed by atoms with Crippen LogP contribution in [0, 0.1) is 0 Å². The number of nitrogens with one attached hydrogen (secondary N) is 1. The average Bonchev–Trinajstić information content (AvgIpc) is 2.97. The Kier molecular flexibility index (Phi) is 3.51. The fourth-order valence-electron chi connectivity index (χ4n) is 1.64. The van der Waals surface area contributed by atoms with Crippen molar-refractivity contribution < 1.29 is 18.0 Å². The van der Waals surface area contributed by atoms with Crippen LogP contribution in [0.25, 0.3) is 0 Å². The van der Waals surface area contributed by atoms with Crippen LogP contribution in [0.15, 0.2) is 18.3 Å². The highest BCUT2D eigenvalue weighted by Gasteiger charge is 2.34. The van der Waals surface area contributed by atoms with Crippen LogP contribution in [-0.4, -0.2) is 37.8 Å². The van der Waals surface area contributed by atoms with Gasteiger partial charge in [-0.2, -0.15) is 23.4 Å². The summed E-state index contributed by atoms with van der Waals surface area (Å²) in [5.41, 5.74) is -0.566. The summed E-state index contributed by atoms with van der Waals surface area (Å²) in [6.07, 6.45) is -2.98. The molecule has 0 aliphatic rings. The van der Waals surface area contributed by atoms with E-state index in [4.69, 9.17) is 0 Å². The zero-order valence-corrected chi connectivity index (χ0v) is 10.8. The van der Waals surface area contributed by atoms with E-state index >= 15 is 0 Å². The Hall–Kier alpha value is -2.32. The van der Waals surface area contributed by atoms with Gasteiger partial charge < -0.3 is 4.90 Å². The summed E-state index contributed by atoms with van der Waals surface area (Å²) in [5.74, 6) is -0.599. The number of amides is 1. The molecule has 2 rings (SSSR count). The normalized spacial score (nSPS) is 11.7. The Morgan fingerprint density at radius 3 is 2.70 bits per heavy atom. The molecule has 0 spiro atoms. The summed E-state index contributed by atoms with van der Waals surface area (Å²) in [5, 5.41) is 9.15. The number of hydrogen-bond donors (Lipinski definition) is 1. The first kappa shape index (κ1) is 14.1. The Morgan fingerprint density at radius 2 is 2.20 bits per heavy atom. The van der Waals surface area contributed by atoms with Crippen LogP contribution in [0.3, 0.4) is 0 Å². The largest absolute Gasteiger partial charge is 0.432 e. The fraction of sp³-hybridized carbons (Fsp3) is 0.364. The number of alkyl halides is 3. The topological polar surface area (TPSA) is 66.8 Å². The summed E-state index contributed by atoms with van der Waals surface area (Å²) in [4.78, 5) is 13.2. The smallest absolute Gasteiger partial charge is 0.334 e. The number of aromatic nitrogens is 4. The zero-order chi connectivity index (χ0) is 14.9. The number of H-pyrrole nitrogens is 1. The third-order valence-corrected chi connectivity index (χ3v) is 2.77. The van der Waals surface area contributed by atoms with Gasteiger partial charge in [0, 0.05) is 26.4 Å². The first-order valence-corrected chi connectivity index (χ1v) is 5.64. The molecule has 0 aliphatic heterocycles. The van der Waals surface area contributed by atoms with Gasteiger partial charge in [-0.1, -0.05) is 0 Å². The molecule has 0 bridgehead atoms. The van der Waals surface area contributed by atoms with Crippen LogP contribution in [0.4, 0.5) is 13.2 Å². The minimum atomic E-state index is -4.55. The van der Waals surface area contributed by atoms with Crippen LogP contribution < -0.4 is 0 Å². The fourth-order valence-corrected chi connectivity index (χ4v) is 1.64. The van der Waals surface area contributed by atoms with E-state index in [-0.39, 0.29) is 12.2 Å². The van der Waals surface area contributed by atoms with E-state index in [9.17, 15) is 18.0 Å². The summed E-state index contributed by atoms with van der Waals surface area (Å²) < 4.78 is 38.8. The van der Waals surface area contributed by atoms with E-state index in [1.54, 1.807) is 24.0 Å². The summed E-state index contributed by atoms with van der Waals surface area (Å²) in [6, 6.07) is 2.41. The molecule has 1 N–H and O–H groups in total. The minimum Gasteiger partial charge on any atom is -0.334 e. The van der Waals surface area contributed by atoms with Crippen LogP contribution in [0.5, 0.6) is 0 Å². The lowest BCUT2D eigenvalue weighted by Gasteiger charge is -2.15. The Morgan fingerprint density at radius 1 is 1.50 bits per heavy atom. The van der Waals surface area contributed by atoms with Gasteiger partial charge in [0.1, 0.15) is 5.69 Å². The van der Waals surface area contributed by atoms with Crippen LogP contribution in [-0.2, 0) is 19.8 Å². The van der Waals surface area contributed by atoms with E-state index in [2.05, 4.69) is 10.2 Å². The number of carbonyl (C=O) groups is 1. The predicted molar refractivity (Wildman–Crippen MR) is 62.6 cm³/mol. The minimum absolute atomic E-state index is 0.226. The van der Waals surface area contributed by atoms with Crippen molar-refractivity contribution in [1.82, 2.24) is 24.9 Å². The first-order valence-electron chi connectivity index (χ1n) is 5.64.